The van der Waals surface area contributed by atoms with Crippen molar-refractivity contribution in [1.82, 2.24) is 0 Å². The number of nitrogens with zero attached hydrogens (tertiary/aromatic N) is 1. The first kappa shape index (κ1) is 25.1. The molecule has 0 bridgehead atoms. The summed E-state index contributed by atoms with van der Waals surface area (Å²) >= 11 is 0. The van der Waals surface area contributed by atoms with Gasteiger partial charge in [-0.15, -0.1) is 0 Å². The van der Waals surface area contributed by atoms with E-state index in [0.29, 0.717) is 5.90 Å². The molecule has 4 nitrogen and oxygen atoms in total. The SMILES string of the molecule is CC[C@@H](/C(=N\[S@](=O)C(C)(C)C)OC)[C@H](O[Si](C)(C)C(C)(C)C)c1ccccc1. The van der Waals surface area contributed by atoms with Crippen LogP contribution in [-0.2, 0) is 20.1 Å². The first-order chi connectivity index (χ1) is 12.7. The Bertz CT molecular complexity index is 675. The van der Waals surface area contributed by atoms with Crippen LogP contribution in [-0.4, -0.2) is 30.3 Å². The maximum absolute atomic E-state index is 12.7. The summed E-state index contributed by atoms with van der Waals surface area (Å²) in [5, 5.41) is 0.0803. The summed E-state index contributed by atoms with van der Waals surface area (Å²) in [6.07, 6.45) is 0.588. The smallest absolute Gasteiger partial charge is 0.203 e. The molecule has 1 aromatic rings. The van der Waals surface area contributed by atoms with Gasteiger partial charge in [-0.3, -0.25) is 0 Å². The van der Waals surface area contributed by atoms with Crippen LogP contribution in [0.4, 0.5) is 0 Å². The van der Waals surface area contributed by atoms with Gasteiger partial charge in [-0.05, 0) is 50.9 Å². The van der Waals surface area contributed by atoms with E-state index < -0.39 is 24.1 Å². The zero-order chi connectivity index (χ0) is 21.8. The third-order valence-corrected chi connectivity index (χ3v) is 11.2. The lowest BCUT2D eigenvalue weighted by Crippen LogP contribution is -2.44. The van der Waals surface area contributed by atoms with E-state index in [1.165, 1.54) is 0 Å². The summed E-state index contributed by atoms with van der Waals surface area (Å²) in [5.41, 5.74) is 1.10. The maximum Gasteiger partial charge on any atom is 0.203 e. The number of benzene rings is 1. The monoisotopic (exact) mass is 425 g/mol. The van der Waals surface area contributed by atoms with Crippen LogP contribution in [0.1, 0.15) is 66.6 Å². The van der Waals surface area contributed by atoms with Crippen molar-refractivity contribution >= 4 is 25.2 Å². The lowest BCUT2D eigenvalue weighted by atomic mass is 9.93. The Morgan fingerprint density at radius 3 is 2.04 bits per heavy atom. The Hall–Kier alpha value is -0.983. The van der Waals surface area contributed by atoms with E-state index in [2.05, 4.69) is 57.3 Å². The largest absolute Gasteiger partial charge is 0.483 e. The van der Waals surface area contributed by atoms with Gasteiger partial charge in [-0.1, -0.05) is 58.0 Å². The fourth-order valence-electron chi connectivity index (χ4n) is 2.51. The van der Waals surface area contributed by atoms with Gasteiger partial charge in [0, 0.05) is 0 Å². The fourth-order valence-corrected chi connectivity index (χ4v) is 4.45. The molecular formula is C22H39NO3SSi. The van der Waals surface area contributed by atoms with Crippen LogP contribution in [0.2, 0.25) is 18.1 Å². The first-order valence-electron chi connectivity index (χ1n) is 10.0. The molecule has 1 rings (SSSR count). The van der Waals surface area contributed by atoms with Gasteiger partial charge < -0.3 is 9.16 Å². The average molecular weight is 426 g/mol. The second-order valence-electron chi connectivity index (χ2n) is 9.72. The fraction of sp³-hybridized carbons (Fsp3) is 0.682. The average Bonchev–Trinajstić information content (AvgIpc) is 2.59. The standard InChI is InChI=1S/C22H39NO3SSi/c1-11-18(20(25-8)23-27(24)21(2,3)4)19(17-15-13-12-14-16-17)26-28(9,10)22(5,6)7/h12-16,18-19H,11H2,1-10H3/b23-20+/t18-,19-,27-/m1/s1. The highest BCUT2D eigenvalue weighted by atomic mass is 32.2. The van der Waals surface area contributed by atoms with Crippen molar-refractivity contribution in [2.75, 3.05) is 7.11 Å². The lowest BCUT2D eigenvalue weighted by molar-refractivity contribution is 0.133. The van der Waals surface area contributed by atoms with E-state index in [0.717, 1.165) is 12.0 Å². The van der Waals surface area contributed by atoms with Crippen molar-refractivity contribution in [3.8, 4) is 0 Å². The van der Waals surface area contributed by atoms with E-state index in [1.54, 1.807) is 7.11 Å². The van der Waals surface area contributed by atoms with Crippen molar-refractivity contribution < 1.29 is 13.4 Å². The van der Waals surface area contributed by atoms with Crippen LogP contribution >= 0.6 is 0 Å². The molecule has 3 atom stereocenters. The van der Waals surface area contributed by atoms with Crippen LogP contribution in [0.15, 0.2) is 34.7 Å². The molecule has 28 heavy (non-hydrogen) atoms. The summed E-state index contributed by atoms with van der Waals surface area (Å²) in [7, 11) is -1.83. The molecule has 0 spiro atoms. The van der Waals surface area contributed by atoms with Crippen LogP contribution in [0.25, 0.3) is 0 Å². The van der Waals surface area contributed by atoms with Gasteiger partial charge in [-0.2, -0.15) is 4.40 Å². The Labute approximate surface area is 175 Å². The van der Waals surface area contributed by atoms with E-state index in [1.807, 2.05) is 39.0 Å². The van der Waals surface area contributed by atoms with Crippen molar-refractivity contribution in [3.63, 3.8) is 0 Å². The summed E-state index contributed by atoms with van der Waals surface area (Å²) in [6.45, 7) is 19.1. The minimum Gasteiger partial charge on any atom is -0.483 e. The Balaban J connectivity index is 3.44. The second-order valence-corrected chi connectivity index (χ2v) is 16.4. The predicted octanol–water partition coefficient (Wildman–Crippen LogP) is 6.28. The first-order valence-corrected chi connectivity index (χ1v) is 14.0. The second kappa shape index (κ2) is 9.68. The predicted molar refractivity (Wildman–Crippen MR) is 124 cm³/mol. The molecule has 0 aliphatic rings. The summed E-state index contributed by atoms with van der Waals surface area (Å²) in [6, 6.07) is 10.2. The zero-order valence-electron chi connectivity index (χ0n) is 19.3. The molecule has 0 radical (unpaired) electrons. The molecule has 1 aromatic carbocycles. The zero-order valence-corrected chi connectivity index (χ0v) is 21.1. The van der Waals surface area contributed by atoms with Gasteiger partial charge in [0.2, 0.25) is 5.90 Å². The Morgan fingerprint density at radius 1 is 1.11 bits per heavy atom. The van der Waals surface area contributed by atoms with Gasteiger partial charge in [0.15, 0.2) is 8.32 Å². The molecule has 0 saturated heterocycles. The molecule has 0 fully saturated rings. The molecular weight excluding hydrogens is 386 g/mol. The number of methoxy groups -OCH3 is 1. The summed E-state index contributed by atoms with van der Waals surface area (Å²) < 4.78 is 29.2. The van der Waals surface area contributed by atoms with Crippen LogP contribution < -0.4 is 0 Å². The minimum atomic E-state index is -2.05. The molecule has 0 aliphatic heterocycles. The number of ether oxygens (including phenoxy) is 1. The number of hydrogen-bond donors (Lipinski definition) is 0. The molecule has 0 aliphatic carbocycles. The van der Waals surface area contributed by atoms with Crippen LogP contribution in [0, 0.1) is 5.92 Å². The van der Waals surface area contributed by atoms with Gasteiger partial charge in [0.25, 0.3) is 0 Å². The molecule has 0 N–H and O–H groups in total. The van der Waals surface area contributed by atoms with Gasteiger partial charge in [0.05, 0.1) is 23.9 Å². The van der Waals surface area contributed by atoms with Gasteiger partial charge in [0.1, 0.15) is 11.0 Å². The summed E-state index contributed by atoms with van der Waals surface area (Å²) in [5.74, 6) is 0.399. The third kappa shape index (κ3) is 6.53. The van der Waals surface area contributed by atoms with E-state index >= 15 is 0 Å². The highest BCUT2D eigenvalue weighted by molar-refractivity contribution is 7.85. The van der Waals surface area contributed by atoms with Gasteiger partial charge in [-0.25, -0.2) is 4.21 Å². The minimum absolute atomic E-state index is 0.0803. The lowest BCUT2D eigenvalue weighted by Gasteiger charge is -2.41. The van der Waals surface area contributed by atoms with Crippen LogP contribution in [0.5, 0.6) is 0 Å². The topological polar surface area (TPSA) is 47.9 Å². The quantitative estimate of drug-likeness (QED) is 0.293. The molecule has 0 heterocycles. The molecule has 6 heteroatoms. The van der Waals surface area contributed by atoms with Crippen molar-refractivity contribution in [1.29, 1.82) is 0 Å². The van der Waals surface area contributed by atoms with Crippen molar-refractivity contribution in [2.45, 2.75) is 83.9 Å². The normalized spacial score (nSPS) is 17.1. The highest BCUT2D eigenvalue weighted by Gasteiger charge is 2.42. The Morgan fingerprint density at radius 2 is 1.64 bits per heavy atom. The van der Waals surface area contributed by atoms with E-state index in [4.69, 9.17) is 9.16 Å². The maximum atomic E-state index is 12.7. The Kier molecular flexibility index (Phi) is 8.66. The highest BCUT2D eigenvalue weighted by Crippen LogP contribution is 2.42. The van der Waals surface area contributed by atoms with E-state index in [9.17, 15) is 4.21 Å². The number of rotatable bonds is 7. The molecule has 160 valence electrons. The summed E-state index contributed by atoms with van der Waals surface area (Å²) in [4.78, 5) is 0. The number of hydrogen-bond acceptors (Lipinski definition) is 3. The van der Waals surface area contributed by atoms with Crippen molar-refractivity contribution in [2.24, 2.45) is 10.3 Å². The molecule has 0 amide bonds. The van der Waals surface area contributed by atoms with Crippen molar-refractivity contribution in [3.05, 3.63) is 35.9 Å². The van der Waals surface area contributed by atoms with Gasteiger partial charge >= 0.3 is 0 Å². The molecule has 0 aromatic heterocycles. The van der Waals surface area contributed by atoms with Crippen LogP contribution in [0.3, 0.4) is 0 Å². The van der Waals surface area contributed by atoms with E-state index in [-0.39, 0.29) is 17.1 Å². The molecule has 0 unspecified atom stereocenters. The molecule has 0 saturated carbocycles. The third-order valence-electron chi connectivity index (χ3n) is 5.38.